The van der Waals surface area contributed by atoms with Gasteiger partial charge in [0.2, 0.25) is 0 Å². The number of nitrogens with one attached hydrogen (secondary N) is 1. The summed E-state index contributed by atoms with van der Waals surface area (Å²) in [6.07, 6.45) is 2.90. The van der Waals surface area contributed by atoms with Gasteiger partial charge in [-0.05, 0) is 31.5 Å². The molecule has 0 fully saturated rings. The molecule has 0 atom stereocenters. The molecule has 0 bridgehead atoms. The highest BCUT2D eigenvalue weighted by molar-refractivity contribution is 7.90. The molecule has 7 nitrogen and oxygen atoms in total. The van der Waals surface area contributed by atoms with E-state index in [1.165, 1.54) is 6.20 Å². The maximum atomic E-state index is 12.6. The molecule has 4 rings (SSSR count). The molecule has 1 N–H and O–H groups in total. The Morgan fingerprint density at radius 1 is 1.38 bits per heavy atom. The molecule has 8 heteroatoms. The summed E-state index contributed by atoms with van der Waals surface area (Å²) in [6, 6.07) is 6.68. The van der Waals surface area contributed by atoms with Crippen molar-refractivity contribution in [3.05, 3.63) is 47.6 Å². The zero-order valence-electron chi connectivity index (χ0n) is 12.9. The molecule has 0 unspecified atom stereocenters. The van der Waals surface area contributed by atoms with E-state index in [1.807, 2.05) is 0 Å². The van der Waals surface area contributed by atoms with Crippen LogP contribution in [0.4, 0.5) is 0 Å². The number of hydrogen-bond acceptors (Lipinski definition) is 5. The van der Waals surface area contributed by atoms with Gasteiger partial charge in [-0.15, -0.1) is 0 Å². The molecule has 3 heterocycles. The van der Waals surface area contributed by atoms with Crippen molar-refractivity contribution in [2.45, 2.75) is 31.3 Å². The van der Waals surface area contributed by atoms with E-state index in [-0.39, 0.29) is 10.6 Å². The lowest BCUT2D eigenvalue weighted by atomic mass is 10.1. The Morgan fingerprint density at radius 2 is 2.21 bits per heavy atom. The van der Waals surface area contributed by atoms with Crippen LogP contribution in [0.15, 0.2) is 39.9 Å². The van der Waals surface area contributed by atoms with Gasteiger partial charge >= 0.3 is 0 Å². The molecule has 2 aromatic heterocycles. The third-order valence-electron chi connectivity index (χ3n) is 4.12. The monoisotopic (exact) mass is 345 g/mol. The van der Waals surface area contributed by atoms with Crippen LogP contribution < -0.4 is 4.72 Å². The average Bonchev–Trinajstić information content (AvgIpc) is 3.18. The molecule has 1 amide bonds. The molecule has 124 valence electrons. The molecule has 1 aliphatic heterocycles. The second-order valence-electron chi connectivity index (χ2n) is 5.78. The molecule has 0 spiro atoms. The van der Waals surface area contributed by atoms with E-state index in [4.69, 9.17) is 4.42 Å². The SMILES string of the molecule is Cc1cc2c(C(=O)NS(=O)(=O)c3cnc4n3CCC4)cccc2o1. The first-order chi connectivity index (χ1) is 11.5. The number of carbonyl (C=O) groups is 1. The number of benzene rings is 1. The quantitative estimate of drug-likeness (QED) is 0.783. The maximum absolute atomic E-state index is 12.6. The molecule has 24 heavy (non-hydrogen) atoms. The van der Waals surface area contributed by atoms with Gasteiger partial charge in [-0.1, -0.05) is 6.07 Å². The van der Waals surface area contributed by atoms with Gasteiger partial charge in [0, 0.05) is 18.4 Å². The molecule has 0 saturated carbocycles. The number of imidazole rings is 1. The Bertz CT molecular complexity index is 1060. The summed E-state index contributed by atoms with van der Waals surface area (Å²) in [5.41, 5.74) is 0.803. The van der Waals surface area contributed by atoms with Gasteiger partial charge in [0.1, 0.15) is 17.2 Å². The van der Waals surface area contributed by atoms with Gasteiger partial charge in [-0.2, -0.15) is 8.42 Å². The Morgan fingerprint density at radius 3 is 3.04 bits per heavy atom. The number of sulfonamides is 1. The lowest BCUT2D eigenvalue weighted by Crippen LogP contribution is -2.32. The minimum atomic E-state index is -3.98. The summed E-state index contributed by atoms with van der Waals surface area (Å²) in [6.45, 7) is 2.37. The lowest BCUT2D eigenvalue weighted by molar-refractivity contribution is 0.0983. The van der Waals surface area contributed by atoms with Crippen LogP contribution in [-0.2, 0) is 23.0 Å². The highest BCUT2D eigenvalue weighted by Crippen LogP contribution is 2.24. The molecule has 0 saturated heterocycles. The molecule has 1 aromatic carbocycles. The average molecular weight is 345 g/mol. The number of fused-ring (bicyclic) bond motifs is 2. The van der Waals surface area contributed by atoms with Crippen molar-refractivity contribution < 1.29 is 17.6 Å². The third-order valence-corrected chi connectivity index (χ3v) is 5.45. The van der Waals surface area contributed by atoms with Crippen molar-refractivity contribution in [2.75, 3.05) is 0 Å². The van der Waals surface area contributed by atoms with Crippen molar-refractivity contribution in [1.82, 2.24) is 14.3 Å². The van der Waals surface area contributed by atoms with Crippen molar-refractivity contribution in [2.24, 2.45) is 0 Å². The number of hydrogen-bond donors (Lipinski definition) is 1. The van der Waals surface area contributed by atoms with Crippen LogP contribution in [0.3, 0.4) is 0 Å². The fourth-order valence-electron chi connectivity index (χ4n) is 3.06. The number of aryl methyl sites for hydroxylation is 2. The highest BCUT2D eigenvalue weighted by atomic mass is 32.2. The first-order valence-corrected chi connectivity index (χ1v) is 9.05. The molecule has 0 radical (unpaired) electrons. The summed E-state index contributed by atoms with van der Waals surface area (Å²) in [5.74, 6) is 0.701. The minimum absolute atomic E-state index is 0.0268. The van der Waals surface area contributed by atoms with Crippen LogP contribution >= 0.6 is 0 Å². The van der Waals surface area contributed by atoms with Gasteiger partial charge in [0.15, 0.2) is 5.03 Å². The first kappa shape index (κ1) is 14.9. The fourth-order valence-corrected chi connectivity index (χ4v) is 4.20. The Hall–Kier alpha value is -2.61. The summed E-state index contributed by atoms with van der Waals surface area (Å²) in [7, 11) is -3.98. The van der Waals surface area contributed by atoms with Crippen LogP contribution in [0.5, 0.6) is 0 Å². The second kappa shape index (κ2) is 5.20. The van der Waals surface area contributed by atoms with Gasteiger partial charge in [0.05, 0.1) is 11.8 Å². The number of amides is 1. The Balaban J connectivity index is 1.70. The van der Waals surface area contributed by atoms with Gasteiger partial charge in [-0.3, -0.25) is 4.79 Å². The number of nitrogens with zero attached hydrogens (tertiary/aromatic N) is 2. The van der Waals surface area contributed by atoms with E-state index in [1.54, 1.807) is 35.8 Å². The molecule has 1 aliphatic rings. The second-order valence-corrected chi connectivity index (χ2v) is 7.41. The predicted octanol–water partition coefficient (Wildman–Crippen LogP) is 2.00. The van der Waals surface area contributed by atoms with Gasteiger partial charge < -0.3 is 8.98 Å². The Labute approximate surface area is 138 Å². The van der Waals surface area contributed by atoms with E-state index in [0.717, 1.165) is 18.7 Å². The van der Waals surface area contributed by atoms with Crippen LogP contribution in [0.25, 0.3) is 11.0 Å². The van der Waals surface area contributed by atoms with Crippen molar-refractivity contribution >= 4 is 26.9 Å². The van der Waals surface area contributed by atoms with E-state index in [0.29, 0.717) is 23.3 Å². The number of carbonyl (C=O) groups excluding carboxylic acids is 1. The normalized spacial score (nSPS) is 14.0. The molecule has 0 aliphatic carbocycles. The van der Waals surface area contributed by atoms with E-state index < -0.39 is 15.9 Å². The first-order valence-electron chi connectivity index (χ1n) is 7.56. The minimum Gasteiger partial charge on any atom is -0.461 e. The van der Waals surface area contributed by atoms with Crippen molar-refractivity contribution in [3.63, 3.8) is 0 Å². The standard InChI is InChI=1S/C16H15N3O4S/c1-10-8-12-11(4-2-5-13(12)23-10)16(20)18-24(21,22)15-9-17-14-6-3-7-19(14)15/h2,4-5,8-9H,3,6-7H2,1H3,(H,18,20). The Kier molecular flexibility index (Phi) is 3.24. The molecule has 3 aromatic rings. The molecular weight excluding hydrogens is 330 g/mol. The molecular formula is C16H15N3O4S. The van der Waals surface area contributed by atoms with Gasteiger partial charge in [-0.25, -0.2) is 9.71 Å². The van der Waals surface area contributed by atoms with Gasteiger partial charge in [0.25, 0.3) is 15.9 Å². The number of rotatable bonds is 3. The summed E-state index contributed by atoms with van der Waals surface area (Å²) >= 11 is 0. The maximum Gasteiger partial charge on any atom is 0.281 e. The summed E-state index contributed by atoms with van der Waals surface area (Å²) < 4.78 is 34.4. The van der Waals surface area contributed by atoms with Crippen molar-refractivity contribution in [1.29, 1.82) is 0 Å². The zero-order chi connectivity index (χ0) is 16.9. The van der Waals surface area contributed by atoms with Crippen LogP contribution in [0, 0.1) is 6.92 Å². The topological polar surface area (TPSA) is 94.2 Å². The lowest BCUT2D eigenvalue weighted by Gasteiger charge is -2.08. The smallest absolute Gasteiger partial charge is 0.281 e. The highest BCUT2D eigenvalue weighted by Gasteiger charge is 2.27. The van der Waals surface area contributed by atoms with E-state index >= 15 is 0 Å². The zero-order valence-corrected chi connectivity index (χ0v) is 13.8. The van der Waals surface area contributed by atoms with Crippen molar-refractivity contribution in [3.8, 4) is 0 Å². The van der Waals surface area contributed by atoms with Crippen LogP contribution in [0.2, 0.25) is 0 Å². The fraction of sp³-hybridized carbons (Fsp3) is 0.250. The summed E-state index contributed by atoms with van der Waals surface area (Å²) in [4.78, 5) is 16.6. The van der Waals surface area contributed by atoms with E-state index in [9.17, 15) is 13.2 Å². The van der Waals surface area contributed by atoms with E-state index in [2.05, 4.69) is 9.71 Å². The largest absolute Gasteiger partial charge is 0.461 e. The summed E-state index contributed by atoms with van der Waals surface area (Å²) in [5, 5.41) is 0.611. The van der Waals surface area contributed by atoms with Crippen LogP contribution in [0.1, 0.15) is 28.4 Å². The van der Waals surface area contributed by atoms with Crippen LogP contribution in [-0.4, -0.2) is 23.9 Å². The number of aromatic nitrogens is 2. The predicted molar refractivity (Wildman–Crippen MR) is 86.2 cm³/mol. The third kappa shape index (κ3) is 2.30. The number of furan rings is 1.